The van der Waals surface area contributed by atoms with E-state index in [1.165, 1.54) is 0 Å². The molecule has 0 fully saturated rings. The van der Waals surface area contributed by atoms with Crippen LogP contribution in [0.1, 0.15) is 17.7 Å². The van der Waals surface area contributed by atoms with Crippen molar-refractivity contribution < 1.29 is 9.15 Å². The van der Waals surface area contributed by atoms with Gasteiger partial charge >= 0.3 is 0 Å². The fraction of sp³-hybridized carbons (Fsp3) is 0.583. The van der Waals surface area contributed by atoms with Crippen molar-refractivity contribution >= 4 is 17.3 Å². The average Bonchev–Trinajstić information content (AvgIpc) is 2.70. The minimum absolute atomic E-state index is 0.750. The molecule has 1 rings (SSSR count). The number of ether oxygens (including phenoxy) is 1. The molecule has 1 aromatic heterocycles. The van der Waals surface area contributed by atoms with Gasteiger partial charge in [0.15, 0.2) is 5.11 Å². The van der Waals surface area contributed by atoms with Gasteiger partial charge < -0.3 is 19.4 Å². The van der Waals surface area contributed by atoms with Gasteiger partial charge in [-0.3, -0.25) is 0 Å². The van der Waals surface area contributed by atoms with E-state index < -0.39 is 0 Å². The lowest BCUT2D eigenvalue weighted by Crippen LogP contribution is -2.37. The molecule has 5 heteroatoms. The summed E-state index contributed by atoms with van der Waals surface area (Å²) in [5.74, 6) is 0.944. The maximum absolute atomic E-state index is 5.29. The second-order valence-electron chi connectivity index (χ2n) is 3.94. The van der Waals surface area contributed by atoms with Crippen LogP contribution in [0.4, 0.5) is 0 Å². The van der Waals surface area contributed by atoms with E-state index >= 15 is 0 Å². The zero-order chi connectivity index (χ0) is 12.7. The predicted molar refractivity (Wildman–Crippen MR) is 72.0 cm³/mol. The van der Waals surface area contributed by atoms with E-state index in [4.69, 9.17) is 21.4 Å². The summed E-state index contributed by atoms with van der Waals surface area (Å²) in [7, 11) is 3.67. The Morgan fingerprint density at radius 3 is 2.94 bits per heavy atom. The van der Waals surface area contributed by atoms with Crippen molar-refractivity contribution in [1.29, 1.82) is 0 Å². The minimum atomic E-state index is 0.750. The first kappa shape index (κ1) is 14.0. The van der Waals surface area contributed by atoms with Gasteiger partial charge in [-0.1, -0.05) is 0 Å². The fourth-order valence-electron chi connectivity index (χ4n) is 1.45. The number of aryl methyl sites for hydroxylation is 1. The second-order valence-corrected chi connectivity index (χ2v) is 4.32. The third-order valence-corrected chi connectivity index (χ3v) is 2.98. The Kier molecular flexibility index (Phi) is 6.00. The zero-order valence-electron chi connectivity index (χ0n) is 10.7. The maximum atomic E-state index is 5.29. The minimum Gasteiger partial charge on any atom is -0.469 e. The van der Waals surface area contributed by atoms with E-state index in [1.54, 1.807) is 13.4 Å². The highest BCUT2D eigenvalue weighted by Gasteiger charge is 2.07. The van der Waals surface area contributed by atoms with Crippen LogP contribution in [0.3, 0.4) is 0 Å². The van der Waals surface area contributed by atoms with E-state index in [2.05, 4.69) is 5.32 Å². The lowest BCUT2D eigenvalue weighted by Gasteiger charge is -2.20. The highest BCUT2D eigenvalue weighted by Crippen LogP contribution is 2.10. The lowest BCUT2D eigenvalue weighted by molar-refractivity contribution is 0.195. The van der Waals surface area contributed by atoms with Crippen molar-refractivity contribution in [1.82, 2.24) is 10.2 Å². The van der Waals surface area contributed by atoms with E-state index in [0.29, 0.717) is 0 Å². The summed E-state index contributed by atoms with van der Waals surface area (Å²) in [5, 5.41) is 3.95. The van der Waals surface area contributed by atoms with Crippen molar-refractivity contribution in [3.05, 3.63) is 23.7 Å². The van der Waals surface area contributed by atoms with Gasteiger partial charge in [0.1, 0.15) is 5.76 Å². The van der Waals surface area contributed by atoms with Crippen LogP contribution >= 0.6 is 12.2 Å². The Hall–Kier alpha value is -1.07. The van der Waals surface area contributed by atoms with Crippen molar-refractivity contribution in [3.8, 4) is 0 Å². The Morgan fingerprint density at radius 2 is 2.35 bits per heavy atom. The van der Waals surface area contributed by atoms with Crippen molar-refractivity contribution in [2.24, 2.45) is 0 Å². The van der Waals surface area contributed by atoms with Crippen LogP contribution in [-0.2, 0) is 11.3 Å². The van der Waals surface area contributed by atoms with Crippen molar-refractivity contribution in [2.45, 2.75) is 19.9 Å². The predicted octanol–water partition coefficient (Wildman–Crippen LogP) is 1.93. The summed E-state index contributed by atoms with van der Waals surface area (Å²) in [6.07, 6.45) is 2.66. The molecule has 0 atom stereocenters. The molecule has 1 heterocycles. The van der Waals surface area contributed by atoms with Crippen molar-refractivity contribution in [2.75, 3.05) is 27.3 Å². The number of hydrogen-bond acceptors (Lipinski definition) is 3. The van der Waals surface area contributed by atoms with Gasteiger partial charge in [0, 0.05) is 39.4 Å². The molecule has 0 amide bonds. The maximum Gasteiger partial charge on any atom is 0.168 e. The normalized spacial score (nSPS) is 10.3. The molecule has 0 aliphatic carbocycles. The second kappa shape index (κ2) is 7.29. The molecular weight excluding hydrogens is 236 g/mol. The SMILES string of the molecule is COCCCNC(=S)N(C)Cc1ccoc1C. The molecular formula is C12H20N2O2S. The molecule has 1 aromatic rings. The molecule has 0 aliphatic rings. The molecule has 0 aliphatic heterocycles. The Balaban J connectivity index is 2.30. The smallest absolute Gasteiger partial charge is 0.168 e. The number of thiocarbonyl (C=S) groups is 1. The third-order valence-electron chi connectivity index (χ3n) is 2.52. The zero-order valence-corrected chi connectivity index (χ0v) is 11.5. The van der Waals surface area contributed by atoms with E-state index in [-0.39, 0.29) is 0 Å². The molecule has 4 nitrogen and oxygen atoms in total. The number of methoxy groups -OCH3 is 1. The molecule has 96 valence electrons. The van der Waals surface area contributed by atoms with Gasteiger partial charge in [-0.15, -0.1) is 0 Å². The van der Waals surface area contributed by atoms with E-state index in [9.17, 15) is 0 Å². The summed E-state index contributed by atoms with van der Waals surface area (Å²) in [5.41, 5.74) is 1.16. The number of nitrogens with one attached hydrogen (secondary N) is 1. The van der Waals surface area contributed by atoms with Crippen LogP contribution in [-0.4, -0.2) is 37.3 Å². The number of hydrogen-bond donors (Lipinski definition) is 1. The molecule has 0 saturated heterocycles. The van der Waals surface area contributed by atoms with Gasteiger partial charge in [-0.05, 0) is 31.6 Å². The molecule has 1 N–H and O–H groups in total. The first-order valence-corrected chi connectivity index (χ1v) is 6.07. The Morgan fingerprint density at radius 1 is 1.59 bits per heavy atom. The van der Waals surface area contributed by atoms with Crippen molar-refractivity contribution in [3.63, 3.8) is 0 Å². The first-order valence-electron chi connectivity index (χ1n) is 5.66. The Labute approximate surface area is 108 Å². The summed E-state index contributed by atoms with van der Waals surface area (Å²) in [6, 6.07) is 1.97. The van der Waals surface area contributed by atoms with Gasteiger partial charge in [0.25, 0.3) is 0 Å². The molecule has 0 spiro atoms. The van der Waals surface area contributed by atoms with Gasteiger partial charge in [0.05, 0.1) is 6.26 Å². The van der Waals surface area contributed by atoms with E-state index in [0.717, 1.165) is 42.6 Å². The summed E-state index contributed by atoms with van der Waals surface area (Å²) < 4.78 is 10.2. The highest BCUT2D eigenvalue weighted by atomic mass is 32.1. The van der Waals surface area contributed by atoms with Crippen LogP contribution < -0.4 is 5.32 Å². The Bertz CT molecular complexity index is 352. The standard InChI is InChI=1S/C12H20N2O2S/c1-10-11(5-8-16-10)9-14(2)12(17)13-6-4-7-15-3/h5,8H,4,6-7,9H2,1-3H3,(H,13,17). The molecule has 0 saturated carbocycles. The lowest BCUT2D eigenvalue weighted by atomic mass is 10.2. The molecule has 17 heavy (non-hydrogen) atoms. The quantitative estimate of drug-likeness (QED) is 0.622. The van der Waals surface area contributed by atoms with Crippen LogP contribution in [0.25, 0.3) is 0 Å². The van der Waals surface area contributed by atoms with Gasteiger partial charge in [-0.2, -0.15) is 0 Å². The highest BCUT2D eigenvalue weighted by molar-refractivity contribution is 7.80. The molecule has 0 bridgehead atoms. The average molecular weight is 256 g/mol. The number of nitrogens with zero attached hydrogens (tertiary/aromatic N) is 1. The van der Waals surface area contributed by atoms with Crippen LogP contribution in [0.2, 0.25) is 0 Å². The monoisotopic (exact) mass is 256 g/mol. The fourth-order valence-corrected chi connectivity index (χ4v) is 1.62. The summed E-state index contributed by atoms with van der Waals surface area (Å²) in [6.45, 7) is 4.30. The van der Waals surface area contributed by atoms with Crippen LogP contribution in [0.5, 0.6) is 0 Å². The first-order chi connectivity index (χ1) is 8.15. The summed E-state index contributed by atoms with van der Waals surface area (Å²) >= 11 is 5.29. The molecule has 0 unspecified atom stereocenters. The topological polar surface area (TPSA) is 37.6 Å². The van der Waals surface area contributed by atoms with E-state index in [1.807, 2.05) is 24.9 Å². The molecule has 0 aromatic carbocycles. The van der Waals surface area contributed by atoms with Gasteiger partial charge in [0.2, 0.25) is 0 Å². The van der Waals surface area contributed by atoms with Gasteiger partial charge in [-0.25, -0.2) is 0 Å². The number of rotatable bonds is 6. The van der Waals surface area contributed by atoms with Crippen LogP contribution in [0, 0.1) is 6.92 Å². The number of furan rings is 1. The summed E-state index contributed by atoms with van der Waals surface area (Å²) in [4.78, 5) is 2.00. The largest absolute Gasteiger partial charge is 0.469 e. The molecule has 0 radical (unpaired) electrons. The third kappa shape index (κ3) is 4.75. The van der Waals surface area contributed by atoms with Crippen LogP contribution in [0.15, 0.2) is 16.7 Å².